The summed E-state index contributed by atoms with van der Waals surface area (Å²) in [6.07, 6.45) is 0. The molecule has 3 rings (SSSR count). The second-order valence-corrected chi connectivity index (χ2v) is 9.07. The second kappa shape index (κ2) is 7.83. The van der Waals surface area contributed by atoms with Gasteiger partial charge in [0, 0.05) is 16.7 Å². The summed E-state index contributed by atoms with van der Waals surface area (Å²) < 4.78 is 5.67. The molecule has 2 aromatic heterocycles. The minimum Gasteiger partial charge on any atom is -0.441 e. The number of amides is 2. The van der Waals surface area contributed by atoms with Gasteiger partial charge in [0.2, 0.25) is 11.8 Å². The molecule has 2 amide bonds. The zero-order valence-corrected chi connectivity index (χ0v) is 18.3. The fraction of sp³-hybridized carbons (Fsp3) is 0.318. The minimum absolute atomic E-state index is 0.0880. The third-order valence-corrected chi connectivity index (χ3v) is 5.59. The molecule has 0 atom stereocenters. The van der Waals surface area contributed by atoms with E-state index in [0.29, 0.717) is 21.5 Å². The van der Waals surface area contributed by atoms with Gasteiger partial charge in [-0.1, -0.05) is 26.8 Å². The predicted octanol–water partition coefficient (Wildman–Crippen LogP) is 5.57. The highest BCUT2D eigenvalue weighted by molar-refractivity contribution is 7.18. The fourth-order valence-corrected chi connectivity index (χ4v) is 3.55. The Hall–Kier alpha value is -2.93. The van der Waals surface area contributed by atoms with Crippen LogP contribution in [-0.2, 0) is 4.79 Å². The summed E-state index contributed by atoms with van der Waals surface area (Å²) in [4.78, 5) is 29.9. The van der Waals surface area contributed by atoms with E-state index in [2.05, 4.69) is 15.6 Å². The monoisotopic (exact) mass is 411 g/mol. The third kappa shape index (κ3) is 4.74. The Kier molecular flexibility index (Phi) is 5.61. The predicted molar refractivity (Wildman–Crippen MR) is 117 cm³/mol. The molecule has 0 spiro atoms. The number of carbonyl (C=O) groups is 2. The molecular formula is C22H25N3O3S. The highest BCUT2D eigenvalue weighted by Crippen LogP contribution is 2.30. The first kappa shape index (κ1) is 20.8. The van der Waals surface area contributed by atoms with Crippen LogP contribution in [0.2, 0.25) is 0 Å². The van der Waals surface area contributed by atoms with Gasteiger partial charge in [-0.05, 0) is 50.6 Å². The normalized spacial score (nSPS) is 11.4. The number of carbonyl (C=O) groups excluding carboxylic acids is 2. The molecule has 6 nitrogen and oxygen atoms in total. The lowest BCUT2D eigenvalue weighted by atomic mass is 9.96. The topological polar surface area (TPSA) is 84.2 Å². The van der Waals surface area contributed by atoms with E-state index in [-0.39, 0.29) is 11.8 Å². The Morgan fingerprint density at radius 1 is 1.07 bits per heavy atom. The smallest absolute Gasteiger partial charge is 0.266 e. The molecule has 0 fully saturated rings. The highest BCUT2D eigenvalue weighted by atomic mass is 32.1. The van der Waals surface area contributed by atoms with Crippen molar-refractivity contribution >= 4 is 33.8 Å². The van der Waals surface area contributed by atoms with E-state index in [1.807, 2.05) is 71.9 Å². The van der Waals surface area contributed by atoms with E-state index in [0.717, 1.165) is 22.6 Å². The van der Waals surface area contributed by atoms with E-state index >= 15 is 0 Å². The third-order valence-electron chi connectivity index (χ3n) is 4.44. The maximum absolute atomic E-state index is 12.8. The SMILES string of the molecule is Cc1cc(NC(=O)C(C)(C)C)sc1C(=O)Nc1cccc(-c2nc(C)c(C)o2)c1. The molecule has 29 heavy (non-hydrogen) atoms. The van der Waals surface area contributed by atoms with Crippen LogP contribution >= 0.6 is 11.3 Å². The van der Waals surface area contributed by atoms with Gasteiger partial charge in [0.05, 0.1) is 15.6 Å². The first-order valence-electron chi connectivity index (χ1n) is 9.32. The van der Waals surface area contributed by atoms with Gasteiger partial charge in [0.1, 0.15) is 5.76 Å². The van der Waals surface area contributed by atoms with E-state index in [4.69, 9.17) is 4.42 Å². The number of hydrogen-bond donors (Lipinski definition) is 2. The maximum Gasteiger partial charge on any atom is 0.266 e. The van der Waals surface area contributed by atoms with Crippen molar-refractivity contribution < 1.29 is 14.0 Å². The van der Waals surface area contributed by atoms with Crippen molar-refractivity contribution in [3.05, 3.63) is 52.2 Å². The molecule has 0 radical (unpaired) electrons. The van der Waals surface area contributed by atoms with Crippen LogP contribution in [0.25, 0.3) is 11.5 Å². The van der Waals surface area contributed by atoms with Gasteiger partial charge in [-0.25, -0.2) is 4.98 Å². The number of anilines is 2. The highest BCUT2D eigenvalue weighted by Gasteiger charge is 2.23. The van der Waals surface area contributed by atoms with Gasteiger partial charge in [-0.15, -0.1) is 11.3 Å². The molecule has 0 saturated heterocycles. The van der Waals surface area contributed by atoms with Gasteiger partial charge in [0.25, 0.3) is 5.91 Å². The number of aryl methyl sites for hydroxylation is 3. The van der Waals surface area contributed by atoms with Crippen molar-refractivity contribution in [3.63, 3.8) is 0 Å². The summed E-state index contributed by atoms with van der Waals surface area (Å²) in [6, 6.07) is 9.19. The number of nitrogens with one attached hydrogen (secondary N) is 2. The van der Waals surface area contributed by atoms with Crippen LogP contribution in [0.3, 0.4) is 0 Å². The summed E-state index contributed by atoms with van der Waals surface area (Å²) in [7, 11) is 0. The molecule has 1 aromatic carbocycles. The summed E-state index contributed by atoms with van der Waals surface area (Å²) in [5, 5.41) is 6.46. The van der Waals surface area contributed by atoms with Crippen LogP contribution in [0.15, 0.2) is 34.7 Å². The first-order chi connectivity index (χ1) is 13.5. The lowest BCUT2D eigenvalue weighted by molar-refractivity contribution is -0.123. The summed E-state index contributed by atoms with van der Waals surface area (Å²) >= 11 is 1.26. The van der Waals surface area contributed by atoms with Crippen molar-refractivity contribution in [2.75, 3.05) is 10.6 Å². The number of nitrogens with zero attached hydrogens (tertiary/aromatic N) is 1. The van der Waals surface area contributed by atoms with Crippen molar-refractivity contribution in [2.24, 2.45) is 5.41 Å². The number of rotatable bonds is 4. The second-order valence-electron chi connectivity index (χ2n) is 8.02. The number of aromatic nitrogens is 1. The fourth-order valence-electron chi connectivity index (χ4n) is 2.58. The Morgan fingerprint density at radius 2 is 1.79 bits per heavy atom. The van der Waals surface area contributed by atoms with Gasteiger partial charge >= 0.3 is 0 Å². The van der Waals surface area contributed by atoms with Crippen molar-refractivity contribution in [1.29, 1.82) is 0 Å². The van der Waals surface area contributed by atoms with E-state index in [1.54, 1.807) is 0 Å². The Balaban J connectivity index is 1.77. The van der Waals surface area contributed by atoms with Crippen molar-refractivity contribution in [1.82, 2.24) is 4.98 Å². The van der Waals surface area contributed by atoms with Crippen LogP contribution in [0.1, 0.15) is 47.5 Å². The number of hydrogen-bond acceptors (Lipinski definition) is 5. The Bertz CT molecular complexity index is 1050. The molecule has 0 unspecified atom stereocenters. The average molecular weight is 412 g/mol. The zero-order chi connectivity index (χ0) is 21.3. The molecule has 0 bridgehead atoms. The molecule has 3 aromatic rings. The van der Waals surface area contributed by atoms with Crippen LogP contribution in [0.5, 0.6) is 0 Å². The molecule has 0 aliphatic heterocycles. The molecule has 0 aliphatic carbocycles. The van der Waals surface area contributed by atoms with E-state index in [1.165, 1.54) is 11.3 Å². The first-order valence-corrected chi connectivity index (χ1v) is 10.1. The number of thiophene rings is 1. The molecule has 2 heterocycles. The summed E-state index contributed by atoms with van der Waals surface area (Å²) in [5.74, 6) is 0.986. The Morgan fingerprint density at radius 3 is 2.41 bits per heavy atom. The van der Waals surface area contributed by atoms with E-state index < -0.39 is 5.41 Å². The van der Waals surface area contributed by atoms with Crippen LogP contribution in [0.4, 0.5) is 10.7 Å². The molecular weight excluding hydrogens is 386 g/mol. The lowest BCUT2D eigenvalue weighted by Gasteiger charge is -2.16. The number of benzene rings is 1. The minimum atomic E-state index is -0.503. The standard InChI is InChI=1S/C22H25N3O3S/c1-12-10-17(25-21(27)22(4,5)6)29-18(12)19(26)24-16-9-7-8-15(11-16)20-23-13(2)14(3)28-20/h7-11H,1-6H3,(H,24,26)(H,25,27). The summed E-state index contributed by atoms with van der Waals surface area (Å²) in [6.45, 7) is 11.2. The largest absolute Gasteiger partial charge is 0.441 e. The van der Waals surface area contributed by atoms with Gasteiger partial charge < -0.3 is 15.1 Å². The van der Waals surface area contributed by atoms with Crippen LogP contribution in [-0.4, -0.2) is 16.8 Å². The molecule has 0 saturated carbocycles. The Labute approximate surface area is 174 Å². The number of oxazole rings is 1. The summed E-state index contributed by atoms with van der Waals surface area (Å²) in [5.41, 5.74) is 2.59. The van der Waals surface area contributed by atoms with Crippen LogP contribution in [0, 0.1) is 26.2 Å². The molecule has 2 N–H and O–H groups in total. The molecule has 0 aliphatic rings. The zero-order valence-electron chi connectivity index (χ0n) is 17.5. The van der Waals surface area contributed by atoms with Gasteiger partial charge in [-0.3, -0.25) is 9.59 Å². The van der Waals surface area contributed by atoms with Gasteiger partial charge in [0.15, 0.2) is 0 Å². The average Bonchev–Trinajstić information content (AvgIpc) is 3.16. The van der Waals surface area contributed by atoms with Crippen molar-refractivity contribution in [2.45, 2.75) is 41.5 Å². The lowest BCUT2D eigenvalue weighted by Crippen LogP contribution is -2.27. The molecule has 152 valence electrons. The quantitative estimate of drug-likeness (QED) is 0.588. The maximum atomic E-state index is 12.8. The van der Waals surface area contributed by atoms with Crippen LogP contribution < -0.4 is 10.6 Å². The van der Waals surface area contributed by atoms with Gasteiger partial charge in [-0.2, -0.15) is 0 Å². The van der Waals surface area contributed by atoms with Crippen molar-refractivity contribution in [3.8, 4) is 11.5 Å². The van der Waals surface area contributed by atoms with E-state index in [9.17, 15) is 9.59 Å². The molecule has 7 heteroatoms.